The molecule has 0 aromatic heterocycles. The van der Waals surface area contributed by atoms with Crippen molar-refractivity contribution in [1.82, 2.24) is 9.62 Å². The van der Waals surface area contributed by atoms with E-state index in [2.05, 4.69) is 4.72 Å². The van der Waals surface area contributed by atoms with Gasteiger partial charge in [-0.2, -0.15) is 0 Å². The van der Waals surface area contributed by atoms with Gasteiger partial charge in [0.1, 0.15) is 0 Å². The van der Waals surface area contributed by atoms with Gasteiger partial charge in [0.2, 0.25) is 10.0 Å². The van der Waals surface area contributed by atoms with E-state index in [1.54, 1.807) is 4.90 Å². The van der Waals surface area contributed by atoms with Crippen LogP contribution in [-0.4, -0.2) is 56.7 Å². The van der Waals surface area contributed by atoms with E-state index < -0.39 is 21.8 Å². The third-order valence-electron chi connectivity index (χ3n) is 4.13. The van der Waals surface area contributed by atoms with E-state index in [9.17, 15) is 17.6 Å². The fourth-order valence-electron chi connectivity index (χ4n) is 2.76. The Morgan fingerprint density at radius 1 is 1.46 bits per heavy atom. The van der Waals surface area contributed by atoms with E-state index in [0.29, 0.717) is 19.4 Å². The number of carboxylic acid groups (broad SMARTS) is 1. The molecule has 1 aromatic carbocycles. The zero-order valence-corrected chi connectivity index (χ0v) is 14.3. The summed E-state index contributed by atoms with van der Waals surface area (Å²) in [7, 11) is -2.53. The van der Waals surface area contributed by atoms with Crippen LogP contribution >= 0.6 is 0 Å². The number of sulfonamides is 1. The monoisotopic (exact) mass is 360 g/mol. The fourth-order valence-corrected chi connectivity index (χ4v) is 4.03. The Labute approximate surface area is 140 Å². The van der Waals surface area contributed by atoms with Crippen molar-refractivity contribution >= 4 is 16.0 Å². The third kappa shape index (κ3) is 4.22. The highest BCUT2D eigenvalue weighted by Gasteiger charge is 2.36. The molecule has 1 aromatic rings. The van der Waals surface area contributed by atoms with Crippen LogP contribution in [0.4, 0.5) is 4.39 Å². The quantitative estimate of drug-likeness (QED) is 0.719. The van der Waals surface area contributed by atoms with Crippen LogP contribution < -0.4 is 9.46 Å². The lowest BCUT2D eigenvalue weighted by Gasteiger charge is -2.42. The van der Waals surface area contributed by atoms with Crippen molar-refractivity contribution < 1.29 is 27.4 Å². The highest BCUT2D eigenvalue weighted by atomic mass is 32.2. The van der Waals surface area contributed by atoms with Crippen molar-refractivity contribution in [1.29, 1.82) is 0 Å². The summed E-state index contributed by atoms with van der Waals surface area (Å²) >= 11 is 0. The molecule has 1 aliphatic rings. The van der Waals surface area contributed by atoms with Gasteiger partial charge in [-0.1, -0.05) is 6.92 Å². The summed E-state index contributed by atoms with van der Waals surface area (Å²) in [5.41, 5.74) is 0. The number of hydrogen-bond acceptors (Lipinski definition) is 5. The Morgan fingerprint density at radius 3 is 2.62 bits per heavy atom. The largest absolute Gasteiger partial charge is 0.494 e. The molecule has 0 aliphatic heterocycles. The summed E-state index contributed by atoms with van der Waals surface area (Å²) in [5.74, 6) is -1.68. The molecule has 0 amide bonds. The van der Waals surface area contributed by atoms with E-state index in [0.717, 1.165) is 6.07 Å². The number of aliphatic carboxylic acids is 1. The smallest absolute Gasteiger partial charge is 0.317 e. The van der Waals surface area contributed by atoms with Gasteiger partial charge in [0.25, 0.3) is 0 Å². The number of carbonyl (C=O) groups is 1. The SMILES string of the molecule is CCN(CC(=O)O)C1CC(NS(=O)(=O)c2ccc(OC)c(F)c2)C1. The van der Waals surface area contributed by atoms with E-state index >= 15 is 0 Å². The van der Waals surface area contributed by atoms with Gasteiger partial charge in [-0.25, -0.2) is 17.5 Å². The Kier molecular flexibility index (Phi) is 5.79. The van der Waals surface area contributed by atoms with Crippen molar-refractivity contribution in [2.24, 2.45) is 0 Å². The van der Waals surface area contributed by atoms with Gasteiger partial charge in [-0.3, -0.25) is 9.69 Å². The lowest BCUT2D eigenvalue weighted by Crippen LogP contribution is -2.54. The van der Waals surface area contributed by atoms with Gasteiger partial charge in [0.05, 0.1) is 18.6 Å². The first-order valence-electron chi connectivity index (χ1n) is 7.58. The minimum atomic E-state index is -3.83. The normalized spacial score (nSPS) is 20.7. The molecule has 2 N–H and O–H groups in total. The van der Waals surface area contributed by atoms with Crippen LogP contribution in [0.25, 0.3) is 0 Å². The topological polar surface area (TPSA) is 95.9 Å². The lowest BCUT2D eigenvalue weighted by molar-refractivity contribution is -0.139. The second-order valence-electron chi connectivity index (χ2n) is 5.70. The number of carboxylic acids is 1. The number of hydrogen-bond donors (Lipinski definition) is 2. The molecule has 1 saturated carbocycles. The van der Waals surface area contributed by atoms with Crippen LogP contribution in [0.15, 0.2) is 23.1 Å². The molecule has 0 unspecified atom stereocenters. The first kappa shape index (κ1) is 18.6. The van der Waals surface area contributed by atoms with Crippen LogP contribution in [-0.2, 0) is 14.8 Å². The van der Waals surface area contributed by atoms with Gasteiger partial charge in [-0.05, 0) is 37.6 Å². The number of likely N-dealkylation sites (N-methyl/N-ethyl adjacent to an activating group) is 1. The number of rotatable bonds is 8. The molecule has 1 aliphatic carbocycles. The highest BCUT2D eigenvalue weighted by molar-refractivity contribution is 7.89. The molecule has 0 spiro atoms. The number of benzene rings is 1. The summed E-state index contributed by atoms with van der Waals surface area (Å²) in [6, 6.07) is 3.21. The van der Waals surface area contributed by atoms with Crippen LogP contribution in [0.1, 0.15) is 19.8 Å². The maximum Gasteiger partial charge on any atom is 0.317 e. The van der Waals surface area contributed by atoms with E-state index in [1.807, 2.05) is 6.92 Å². The van der Waals surface area contributed by atoms with E-state index in [4.69, 9.17) is 9.84 Å². The number of nitrogens with zero attached hydrogens (tertiary/aromatic N) is 1. The van der Waals surface area contributed by atoms with Crippen LogP contribution in [0.5, 0.6) is 5.75 Å². The molecular weight excluding hydrogens is 339 g/mol. The highest BCUT2D eigenvalue weighted by Crippen LogP contribution is 2.28. The average Bonchev–Trinajstić information content (AvgIpc) is 2.48. The lowest BCUT2D eigenvalue weighted by atomic mass is 9.86. The fraction of sp³-hybridized carbons (Fsp3) is 0.533. The van der Waals surface area contributed by atoms with Gasteiger partial charge in [0.15, 0.2) is 11.6 Å². The Balaban J connectivity index is 1.97. The first-order valence-corrected chi connectivity index (χ1v) is 9.06. The predicted octanol–water partition coefficient (Wildman–Crippen LogP) is 1.05. The number of nitrogens with one attached hydrogen (secondary N) is 1. The summed E-state index contributed by atoms with van der Waals surface area (Å²) in [6.45, 7) is 2.38. The molecule has 7 nitrogen and oxygen atoms in total. The number of ether oxygens (including phenoxy) is 1. The summed E-state index contributed by atoms with van der Waals surface area (Å²) in [4.78, 5) is 12.4. The van der Waals surface area contributed by atoms with Crippen molar-refractivity contribution in [3.63, 3.8) is 0 Å². The second-order valence-corrected chi connectivity index (χ2v) is 7.41. The Hall–Kier alpha value is -1.71. The minimum absolute atomic E-state index is 0.0232. The maximum atomic E-state index is 13.7. The van der Waals surface area contributed by atoms with Crippen LogP contribution in [0.2, 0.25) is 0 Å². The summed E-state index contributed by atoms with van der Waals surface area (Å²) in [5, 5.41) is 8.85. The molecular formula is C15H21FN2O5S. The molecule has 0 bridgehead atoms. The van der Waals surface area contributed by atoms with Crippen LogP contribution in [0.3, 0.4) is 0 Å². The second kappa shape index (κ2) is 7.45. The van der Waals surface area contributed by atoms with E-state index in [-0.39, 0.29) is 29.3 Å². The molecule has 24 heavy (non-hydrogen) atoms. The molecule has 134 valence electrons. The van der Waals surface area contributed by atoms with Gasteiger partial charge >= 0.3 is 5.97 Å². The molecule has 0 radical (unpaired) electrons. The zero-order valence-electron chi connectivity index (χ0n) is 13.5. The zero-order chi connectivity index (χ0) is 17.9. The van der Waals surface area contributed by atoms with Crippen molar-refractivity contribution in [3.8, 4) is 5.75 Å². The van der Waals surface area contributed by atoms with Gasteiger partial charge < -0.3 is 9.84 Å². The molecule has 0 atom stereocenters. The number of halogens is 1. The summed E-state index contributed by atoms with van der Waals surface area (Å²) < 4.78 is 45.5. The minimum Gasteiger partial charge on any atom is -0.494 e. The van der Waals surface area contributed by atoms with Crippen molar-refractivity contribution in [2.45, 2.75) is 36.7 Å². The van der Waals surface area contributed by atoms with Crippen molar-refractivity contribution in [2.75, 3.05) is 20.2 Å². The molecule has 0 saturated heterocycles. The number of methoxy groups -OCH3 is 1. The molecule has 0 heterocycles. The average molecular weight is 360 g/mol. The van der Waals surface area contributed by atoms with Crippen LogP contribution in [0, 0.1) is 5.82 Å². The van der Waals surface area contributed by atoms with Gasteiger partial charge in [-0.15, -0.1) is 0 Å². The third-order valence-corrected chi connectivity index (χ3v) is 5.65. The van der Waals surface area contributed by atoms with Gasteiger partial charge in [0, 0.05) is 12.1 Å². The first-order chi connectivity index (χ1) is 11.3. The molecule has 2 rings (SSSR count). The predicted molar refractivity (Wildman–Crippen MR) is 85.0 cm³/mol. The van der Waals surface area contributed by atoms with Crippen molar-refractivity contribution in [3.05, 3.63) is 24.0 Å². The Bertz CT molecular complexity index is 704. The molecule has 1 fully saturated rings. The Morgan fingerprint density at radius 2 is 2.12 bits per heavy atom. The maximum absolute atomic E-state index is 13.7. The molecule has 9 heteroatoms. The van der Waals surface area contributed by atoms with E-state index in [1.165, 1.54) is 19.2 Å². The summed E-state index contributed by atoms with van der Waals surface area (Å²) in [6.07, 6.45) is 1.05. The standard InChI is InChI=1S/C15H21FN2O5S/c1-3-18(9-15(19)20)11-6-10(7-11)17-24(21,22)12-4-5-14(23-2)13(16)8-12/h4-5,8,10-11,17H,3,6-7,9H2,1-2H3,(H,19,20).